The summed E-state index contributed by atoms with van der Waals surface area (Å²) in [4.78, 5) is 15.6. The largest absolute Gasteiger partial charge is 0.383 e. The maximum atomic E-state index is 11.6. The fourth-order valence-corrected chi connectivity index (χ4v) is 2.42. The lowest BCUT2D eigenvalue weighted by Crippen LogP contribution is -2.07. The second-order valence-electron chi connectivity index (χ2n) is 4.31. The molecule has 1 aliphatic rings. The first-order chi connectivity index (χ1) is 7.66. The Bertz CT molecular complexity index is 406. The molecule has 1 heterocycles. The van der Waals surface area contributed by atoms with Crippen LogP contribution in [0.25, 0.3) is 0 Å². The fraction of sp³-hybridized carbons (Fsp3) is 0.500. The second kappa shape index (κ2) is 4.83. The van der Waals surface area contributed by atoms with Gasteiger partial charge in [-0.25, -0.2) is 4.98 Å². The van der Waals surface area contributed by atoms with Gasteiger partial charge in [0.05, 0.1) is 5.02 Å². The van der Waals surface area contributed by atoms with E-state index in [1.165, 1.54) is 0 Å². The van der Waals surface area contributed by atoms with Crippen molar-refractivity contribution >= 4 is 23.2 Å². The molecule has 0 aliphatic heterocycles. The normalized spacial score (nSPS) is 21.8. The van der Waals surface area contributed by atoms with E-state index in [0.717, 1.165) is 24.8 Å². The molecule has 2 rings (SSSR count). The van der Waals surface area contributed by atoms with Crippen LogP contribution in [0.4, 0.5) is 5.82 Å². The van der Waals surface area contributed by atoms with E-state index in [1.54, 1.807) is 6.20 Å². The third-order valence-electron chi connectivity index (χ3n) is 3.09. The number of Topliss-reactive ketones (excluding diaryl/α,β-unsaturated/α-hetero) is 1. The number of nitrogens with two attached hydrogens (primary N) is 1. The number of rotatable bonds is 1. The van der Waals surface area contributed by atoms with E-state index in [-0.39, 0.29) is 5.92 Å². The number of carbonyl (C=O) groups is 1. The molecule has 1 fully saturated rings. The summed E-state index contributed by atoms with van der Waals surface area (Å²) in [7, 11) is 0. The molecular formula is C12H15ClN2O. The highest BCUT2D eigenvalue weighted by Gasteiger charge is 2.21. The van der Waals surface area contributed by atoms with Gasteiger partial charge in [-0.3, -0.25) is 4.79 Å². The van der Waals surface area contributed by atoms with Crippen LogP contribution in [-0.2, 0) is 4.79 Å². The molecule has 1 aliphatic carbocycles. The molecule has 0 bridgehead atoms. The predicted octanol–water partition coefficient (Wildman–Crippen LogP) is 2.93. The first-order valence-electron chi connectivity index (χ1n) is 5.59. The average Bonchev–Trinajstić information content (AvgIpc) is 2.46. The number of nitrogens with zero attached hydrogens (tertiary/aromatic N) is 1. The SMILES string of the molecule is Nc1ncc(Cl)cc1C1CCCCC(=O)C1. The molecular weight excluding hydrogens is 224 g/mol. The minimum Gasteiger partial charge on any atom is -0.383 e. The van der Waals surface area contributed by atoms with Crippen LogP contribution in [0.3, 0.4) is 0 Å². The van der Waals surface area contributed by atoms with Gasteiger partial charge in [0.25, 0.3) is 0 Å². The summed E-state index contributed by atoms with van der Waals surface area (Å²) in [6, 6.07) is 1.84. The van der Waals surface area contributed by atoms with Gasteiger partial charge in [-0.05, 0) is 30.4 Å². The zero-order chi connectivity index (χ0) is 11.5. The summed E-state index contributed by atoms with van der Waals surface area (Å²) in [5.74, 6) is 1.02. The van der Waals surface area contributed by atoms with E-state index in [4.69, 9.17) is 17.3 Å². The summed E-state index contributed by atoms with van der Waals surface area (Å²) >= 11 is 5.91. The molecule has 1 aromatic rings. The molecule has 0 aromatic carbocycles. The van der Waals surface area contributed by atoms with Crippen LogP contribution in [0.1, 0.15) is 43.6 Å². The molecule has 2 N–H and O–H groups in total. The van der Waals surface area contributed by atoms with Crippen molar-refractivity contribution in [2.75, 3.05) is 5.73 Å². The maximum absolute atomic E-state index is 11.6. The smallest absolute Gasteiger partial charge is 0.133 e. The molecule has 1 saturated carbocycles. The van der Waals surface area contributed by atoms with Gasteiger partial charge in [-0.1, -0.05) is 18.0 Å². The highest BCUT2D eigenvalue weighted by atomic mass is 35.5. The van der Waals surface area contributed by atoms with Crippen molar-refractivity contribution in [3.8, 4) is 0 Å². The average molecular weight is 239 g/mol. The Morgan fingerprint density at radius 2 is 2.25 bits per heavy atom. The number of anilines is 1. The van der Waals surface area contributed by atoms with Crippen molar-refractivity contribution in [2.45, 2.75) is 38.0 Å². The van der Waals surface area contributed by atoms with Crippen molar-refractivity contribution in [1.29, 1.82) is 0 Å². The van der Waals surface area contributed by atoms with Crippen LogP contribution in [0, 0.1) is 0 Å². The van der Waals surface area contributed by atoms with Crippen molar-refractivity contribution in [3.05, 3.63) is 22.8 Å². The Kier molecular flexibility index (Phi) is 3.44. The first kappa shape index (κ1) is 11.4. The van der Waals surface area contributed by atoms with Gasteiger partial charge in [-0.15, -0.1) is 0 Å². The lowest BCUT2D eigenvalue weighted by Gasteiger charge is -2.15. The molecule has 1 aromatic heterocycles. The lowest BCUT2D eigenvalue weighted by molar-refractivity contribution is -0.119. The molecule has 16 heavy (non-hydrogen) atoms. The van der Waals surface area contributed by atoms with Crippen LogP contribution in [0.15, 0.2) is 12.3 Å². The van der Waals surface area contributed by atoms with Crippen molar-refractivity contribution in [3.63, 3.8) is 0 Å². The van der Waals surface area contributed by atoms with Gasteiger partial charge in [0.2, 0.25) is 0 Å². The molecule has 86 valence electrons. The summed E-state index contributed by atoms with van der Waals surface area (Å²) < 4.78 is 0. The van der Waals surface area contributed by atoms with Crippen LogP contribution < -0.4 is 5.73 Å². The molecule has 3 nitrogen and oxygen atoms in total. The number of aromatic nitrogens is 1. The number of ketones is 1. The molecule has 0 saturated heterocycles. The van der Waals surface area contributed by atoms with Crippen molar-refractivity contribution in [1.82, 2.24) is 4.98 Å². The number of hydrogen-bond donors (Lipinski definition) is 1. The quantitative estimate of drug-likeness (QED) is 0.766. The Balaban J connectivity index is 2.27. The van der Waals surface area contributed by atoms with Gasteiger partial charge in [-0.2, -0.15) is 0 Å². The van der Waals surface area contributed by atoms with E-state index < -0.39 is 0 Å². The highest BCUT2D eigenvalue weighted by Crippen LogP contribution is 2.33. The third kappa shape index (κ3) is 2.53. The van der Waals surface area contributed by atoms with Gasteiger partial charge in [0.15, 0.2) is 0 Å². The molecule has 4 heteroatoms. The van der Waals surface area contributed by atoms with Crippen LogP contribution in [0.5, 0.6) is 0 Å². The van der Waals surface area contributed by atoms with Crippen LogP contribution >= 0.6 is 11.6 Å². The number of carbonyl (C=O) groups excluding carboxylic acids is 1. The minimum atomic E-state index is 0.196. The highest BCUT2D eigenvalue weighted by molar-refractivity contribution is 6.30. The minimum absolute atomic E-state index is 0.196. The standard InChI is InChI=1S/C12H15ClN2O/c13-9-6-11(12(14)15-7-9)8-3-1-2-4-10(16)5-8/h6-8H,1-5H2,(H2,14,15). The summed E-state index contributed by atoms with van der Waals surface area (Å²) in [5.41, 5.74) is 6.77. The van der Waals surface area contributed by atoms with E-state index in [0.29, 0.717) is 29.5 Å². The Labute approximate surface area is 100 Å². The van der Waals surface area contributed by atoms with Gasteiger partial charge in [0.1, 0.15) is 11.6 Å². The zero-order valence-electron chi connectivity index (χ0n) is 9.08. The predicted molar refractivity (Wildman–Crippen MR) is 64.5 cm³/mol. The van der Waals surface area contributed by atoms with Crippen LogP contribution in [-0.4, -0.2) is 10.8 Å². The first-order valence-corrected chi connectivity index (χ1v) is 5.97. The molecule has 1 atom stereocenters. The molecule has 0 spiro atoms. The maximum Gasteiger partial charge on any atom is 0.133 e. The number of hydrogen-bond acceptors (Lipinski definition) is 3. The van der Waals surface area contributed by atoms with Gasteiger partial charge < -0.3 is 5.73 Å². The van der Waals surface area contributed by atoms with Crippen molar-refractivity contribution in [2.24, 2.45) is 0 Å². The Hall–Kier alpha value is -1.09. The summed E-state index contributed by atoms with van der Waals surface area (Å²) in [6.45, 7) is 0. The summed E-state index contributed by atoms with van der Waals surface area (Å²) in [6.07, 6.45) is 5.87. The number of nitrogen functional groups attached to an aromatic ring is 1. The molecule has 1 unspecified atom stereocenters. The van der Waals surface area contributed by atoms with E-state index in [1.807, 2.05) is 6.07 Å². The second-order valence-corrected chi connectivity index (χ2v) is 4.75. The molecule has 0 radical (unpaired) electrons. The van der Waals surface area contributed by atoms with Gasteiger partial charge >= 0.3 is 0 Å². The lowest BCUT2D eigenvalue weighted by atomic mass is 9.92. The zero-order valence-corrected chi connectivity index (χ0v) is 9.83. The Morgan fingerprint density at radius 1 is 1.44 bits per heavy atom. The summed E-state index contributed by atoms with van der Waals surface area (Å²) in [5, 5.41) is 0.584. The van der Waals surface area contributed by atoms with E-state index in [9.17, 15) is 4.79 Å². The van der Waals surface area contributed by atoms with Gasteiger partial charge in [0, 0.05) is 19.0 Å². The third-order valence-corrected chi connectivity index (χ3v) is 3.29. The fourth-order valence-electron chi connectivity index (χ4n) is 2.25. The monoisotopic (exact) mass is 238 g/mol. The van der Waals surface area contributed by atoms with Crippen molar-refractivity contribution < 1.29 is 4.79 Å². The molecule has 0 amide bonds. The van der Waals surface area contributed by atoms with E-state index in [2.05, 4.69) is 4.98 Å². The van der Waals surface area contributed by atoms with Crippen LogP contribution in [0.2, 0.25) is 5.02 Å². The Morgan fingerprint density at radius 3 is 3.06 bits per heavy atom. The number of halogens is 1. The topological polar surface area (TPSA) is 56.0 Å². The number of pyridine rings is 1. The van der Waals surface area contributed by atoms with E-state index >= 15 is 0 Å².